The molecule has 0 bridgehead atoms. The lowest BCUT2D eigenvalue weighted by atomic mass is 10.1. The van der Waals surface area contributed by atoms with Crippen molar-refractivity contribution in [2.75, 3.05) is 12.3 Å². The SMILES string of the molecule is CC(C(=O)O)=C(C)C(=O)NC(=O)NCC1CCCS1. The molecule has 1 heterocycles. The molecule has 7 heteroatoms. The van der Waals surface area contributed by atoms with Crippen LogP contribution in [0.3, 0.4) is 0 Å². The zero-order valence-electron chi connectivity index (χ0n) is 11.0. The molecule has 3 N–H and O–H groups in total. The highest BCUT2D eigenvalue weighted by atomic mass is 32.2. The second kappa shape index (κ2) is 7.18. The molecule has 0 spiro atoms. The molecule has 0 aromatic heterocycles. The molecule has 0 saturated carbocycles. The van der Waals surface area contributed by atoms with Crippen LogP contribution in [0.2, 0.25) is 0 Å². The van der Waals surface area contributed by atoms with Gasteiger partial charge in [-0.2, -0.15) is 11.8 Å². The predicted octanol–water partition coefficient (Wildman–Crippen LogP) is 1.13. The van der Waals surface area contributed by atoms with Crippen LogP contribution in [-0.2, 0) is 9.59 Å². The Morgan fingerprint density at radius 1 is 1.26 bits per heavy atom. The fraction of sp³-hybridized carbons (Fsp3) is 0.583. The van der Waals surface area contributed by atoms with E-state index in [4.69, 9.17) is 5.11 Å². The van der Waals surface area contributed by atoms with Gasteiger partial charge in [-0.15, -0.1) is 0 Å². The molecule has 0 radical (unpaired) electrons. The van der Waals surface area contributed by atoms with E-state index < -0.39 is 17.9 Å². The summed E-state index contributed by atoms with van der Waals surface area (Å²) in [6.07, 6.45) is 2.22. The van der Waals surface area contributed by atoms with E-state index in [1.165, 1.54) is 13.8 Å². The molecule has 19 heavy (non-hydrogen) atoms. The Balaban J connectivity index is 2.41. The van der Waals surface area contributed by atoms with E-state index in [9.17, 15) is 14.4 Å². The minimum absolute atomic E-state index is 0.0258. The number of nitrogens with one attached hydrogen (secondary N) is 2. The normalized spacial score (nSPS) is 19.6. The number of carboxylic acids is 1. The smallest absolute Gasteiger partial charge is 0.331 e. The monoisotopic (exact) mass is 286 g/mol. The van der Waals surface area contributed by atoms with Gasteiger partial charge in [-0.3, -0.25) is 10.1 Å². The van der Waals surface area contributed by atoms with Gasteiger partial charge in [0.2, 0.25) is 0 Å². The van der Waals surface area contributed by atoms with Gasteiger partial charge in [0, 0.05) is 22.9 Å². The lowest BCUT2D eigenvalue weighted by molar-refractivity contribution is -0.133. The number of carboxylic acid groups (broad SMARTS) is 1. The van der Waals surface area contributed by atoms with Gasteiger partial charge < -0.3 is 10.4 Å². The Morgan fingerprint density at radius 3 is 2.47 bits per heavy atom. The summed E-state index contributed by atoms with van der Waals surface area (Å²) in [7, 11) is 0. The van der Waals surface area contributed by atoms with Crippen LogP contribution in [0, 0.1) is 0 Å². The van der Waals surface area contributed by atoms with Crippen LogP contribution in [0.4, 0.5) is 4.79 Å². The first kappa shape index (κ1) is 15.6. The van der Waals surface area contributed by atoms with Crippen molar-refractivity contribution >= 4 is 29.7 Å². The number of rotatable bonds is 4. The summed E-state index contributed by atoms with van der Waals surface area (Å²) in [5.74, 6) is -0.751. The Kier molecular flexibility index (Phi) is 5.88. The summed E-state index contributed by atoms with van der Waals surface area (Å²) in [6, 6.07) is -0.588. The number of thioether (sulfide) groups is 1. The van der Waals surface area contributed by atoms with Crippen molar-refractivity contribution in [3.8, 4) is 0 Å². The molecule has 3 amide bonds. The summed E-state index contributed by atoms with van der Waals surface area (Å²) >= 11 is 1.80. The van der Waals surface area contributed by atoms with Gasteiger partial charge in [0.1, 0.15) is 0 Å². The number of aliphatic carboxylic acids is 1. The Labute approximate surface area is 116 Å². The first-order chi connectivity index (χ1) is 8.91. The third-order valence-electron chi connectivity index (χ3n) is 2.97. The van der Waals surface area contributed by atoms with Crippen LogP contribution < -0.4 is 10.6 Å². The molecule has 0 aromatic carbocycles. The van der Waals surface area contributed by atoms with Crippen molar-refractivity contribution in [1.29, 1.82) is 0 Å². The summed E-state index contributed by atoms with van der Waals surface area (Å²) in [4.78, 5) is 33.8. The third kappa shape index (κ3) is 4.94. The van der Waals surface area contributed by atoms with E-state index in [1.807, 2.05) is 0 Å². The van der Waals surface area contributed by atoms with Crippen molar-refractivity contribution in [1.82, 2.24) is 10.6 Å². The van der Waals surface area contributed by atoms with E-state index in [1.54, 1.807) is 11.8 Å². The minimum atomic E-state index is -1.17. The lowest BCUT2D eigenvalue weighted by Gasteiger charge is -2.11. The number of carbonyl (C=O) groups excluding carboxylic acids is 2. The van der Waals surface area contributed by atoms with Crippen molar-refractivity contribution in [2.45, 2.75) is 31.9 Å². The van der Waals surface area contributed by atoms with Crippen molar-refractivity contribution in [3.05, 3.63) is 11.1 Å². The average molecular weight is 286 g/mol. The van der Waals surface area contributed by atoms with Gasteiger partial charge in [-0.25, -0.2) is 9.59 Å². The van der Waals surface area contributed by atoms with Crippen molar-refractivity contribution in [2.24, 2.45) is 0 Å². The molecule has 6 nitrogen and oxygen atoms in total. The predicted molar refractivity (Wildman–Crippen MR) is 73.0 cm³/mol. The molecule has 1 aliphatic heterocycles. The molecule has 1 rings (SSSR count). The maximum absolute atomic E-state index is 11.6. The summed E-state index contributed by atoms with van der Waals surface area (Å²) in [5.41, 5.74) is -0.0467. The highest BCUT2D eigenvalue weighted by Gasteiger charge is 2.18. The molecular formula is C12H18N2O4S. The molecule has 1 fully saturated rings. The molecule has 106 valence electrons. The Morgan fingerprint density at radius 2 is 1.95 bits per heavy atom. The Bertz CT molecular complexity index is 414. The van der Waals surface area contributed by atoms with E-state index in [-0.39, 0.29) is 11.1 Å². The zero-order valence-corrected chi connectivity index (χ0v) is 11.8. The lowest BCUT2D eigenvalue weighted by Crippen LogP contribution is -2.42. The molecule has 1 unspecified atom stereocenters. The second-order valence-corrected chi connectivity index (χ2v) is 5.76. The quantitative estimate of drug-likeness (QED) is 0.673. The van der Waals surface area contributed by atoms with Gasteiger partial charge >= 0.3 is 12.0 Å². The third-order valence-corrected chi connectivity index (χ3v) is 4.36. The van der Waals surface area contributed by atoms with Crippen molar-refractivity contribution in [3.63, 3.8) is 0 Å². The highest BCUT2D eigenvalue weighted by molar-refractivity contribution is 8.00. The number of amides is 3. The first-order valence-corrected chi connectivity index (χ1v) is 7.08. The van der Waals surface area contributed by atoms with Gasteiger partial charge in [0.15, 0.2) is 0 Å². The van der Waals surface area contributed by atoms with Crippen LogP contribution in [0.15, 0.2) is 11.1 Å². The highest BCUT2D eigenvalue weighted by Crippen LogP contribution is 2.25. The average Bonchev–Trinajstić information content (AvgIpc) is 2.87. The van der Waals surface area contributed by atoms with Crippen LogP contribution in [0.25, 0.3) is 0 Å². The second-order valence-electron chi connectivity index (χ2n) is 4.35. The number of urea groups is 1. The molecule has 0 aliphatic carbocycles. The van der Waals surface area contributed by atoms with E-state index in [0.717, 1.165) is 18.6 Å². The molecule has 1 saturated heterocycles. The van der Waals surface area contributed by atoms with Gasteiger partial charge in [-0.1, -0.05) is 0 Å². The van der Waals surface area contributed by atoms with Gasteiger partial charge in [-0.05, 0) is 32.4 Å². The molecule has 0 aromatic rings. The zero-order chi connectivity index (χ0) is 14.4. The number of carbonyl (C=O) groups is 3. The number of hydrogen-bond acceptors (Lipinski definition) is 4. The van der Waals surface area contributed by atoms with E-state index in [2.05, 4.69) is 10.6 Å². The van der Waals surface area contributed by atoms with Crippen LogP contribution in [-0.4, -0.2) is 40.6 Å². The number of imide groups is 1. The Hall–Kier alpha value is -1.50. The fourth-order valence-corrected chi connectivity index (χ4v) is 2.78. The maximum Gasteiger partial charge on any atom is 0.331 e. The standard InChI is InChI=1S/C12H18N2O4S/c1-7(8(2)11(16)17)10(15)14-12(18)13-6-9-4-3-5-19-9/h9H,3-6H2,1-2H3,(H,16,17)(H2,13,14,15,18). The fourth-order valence-electron chi connectivity index (χ4n) is 1.58. The van der Waals surface area contributed by atoms with Gasteiger partial charge in [0.05, 0.1) is 0 Å². The number of hydrogen-bond donors (Lipinski definition) is 3. The maximum atomic E-state index is 11.6. The van der Waals surface area contributed by atoms with Gasteiger partial charge in [0.25, 0.3) is 5.91 Å². The summed E-state index contributed by atoms with van der Waals surface area (Å²) < 4.78 is 0. The molecule has 1 atom stereocenters. The minimum Gasteiger partial charge on any atom is -0.478 e. The summed E-state index contributed by atoms with van der Waals surface area (Å²) in [6.45, 7) is 3.22. The van der Waals surface area contributed by atoms with E-state index >= 15 is 0 Å². The topological polar surface area (TPSA) is 95.5 Å². The van der Waals surface area contributed by atoms with Crippen LogP contribution in [0.5, 0.6) is 0 Å². The van der Waals surface area contributed by atoms with Crippen molar-refractivity contribution < 1.29 is 19.5 Å². The molecule has 1 aliphatic rings. The van der Waals surface area contributed by atoms with E-state index in [0.29, 0.717) is 11.8 Å². The van der Waals surface area contributed by atoms with Crippen LogP contribution >= 0.6 is 11.8 Å². The largest absolute Gasteiger partial charge is 0.478 e. The van der Waals surface area contributed by atoms with Crippen LogP contribution in [0.1, 0.15) is 26.7 Å². The summed E-state index contributed by atoms with van der Waals surface area (Å²) in [5, 5.41) is 13.9. The molecular weight excluding hydrogens is 268 g/mol. The first-order valence-electron chi connectivity index (χ1n) is 6.03.